The third-order valence-electron chi connectivity index (χ3n) is 3.19. The third kappa shape index (κ3) is 2.22. The van der Waals surface area contributed by atoms with Crippen LogP contribution in [0.15, 0.2) is 18.2 Å². The average Bonchev–Trinajstić information content (AvgIpc) is 2.63. The molecule has 2 rings (SSSR count). The van der Waals surface area contributed by atoms with Gasteiger partial charge in [0.15, 0.2) is 0 Å². The van der Waals surface area contributed by atoms with E-state index < -0.39 is 23.6 Å². The van der Waals surface area contributed by atoms with E-state index in [1.54, 1.807) is 12.1 Å². The van der Waals surface area contributed by atoms with E-state index in [4.69, 9.17) is 11.5 Å². The lowest BCUT2D eigenvalue weighted by molar-refractivity contribution is -0.119. The number of fused-ring (bicyclic) bond motifs is 1. The number of hydrogen-bond donors (Lipinski definition) is 2. The Kier molecular flexibility index (Phi) is 3.35. The Morgan fingerprint density at radius 1 is 1.37 bits per heavy atom. The first kappa shape index (κ1) is 13.2. The summed E-state index contributed by atoms with van der Waals surface area (Å²) in [6.45, 7) is 1.88. The van der Waals surface area contributed by atoms with E-state index in [-0.39, 0.29) is 6.54 Å². The lowest BCUT2D eigenvalue weighted by Crippen LogP contribution is -2.47. The number of nitrogens with two attached hydrogens (primary N) is 2. The number of rotatable bonds is 4. The highest BCUT2D eigenvalue weighted by Gasteiger charge is 2.37. The van der Waals surface area contributed by atoms with Crippen LogP contribution in [0.4, 0.5) is 5.69 Å². The first-order valence-corrected chi connectivity index (χ1v) is 5.99. The molecule has 6 heteroatoms. The van der Waals surface area contributed by atoms with Crippen molar-refractivity contribution in [2.45, 2.75) is 19.4 Å². The van der Waals surface area contributed by atoms with Crippen LogP contribution in [0.25, 0.3) is 0 Å². The Morgan fingerprint density at radius 2 is 2.05 bits per heavy atom. The Bertz CT molecular complexity index is 568. The highest BCUT2D eigenvalue weighted by molar-refractivity contribution is 6.52. The number of aryl methyl sites for hydroxylation is 1. The topological polar surface area (TPSA) is 106 Å². The number of hydrogen-bond acceptors (Lipinski definition) is 4. The number of carbonyl (C=O) groups excluding carboxylic acids is 3. The zero-order valence-electron chi connectivity index (χ0n) is 10.6. The molecule has 19 heavy (non-hydrogen) atoms. The highest BCUT2D eigenvalue weighted by atomic mass is 16.2. The normalized spacial score (nSPS) is 15.6. The van der Waals surface area contributed by atoms with Crippen LogP contribution in [0.2, 0.25) is 0 Å². The van der Waals surface area contributed by atoms with Crippen LogP contribution < -0.4 is 16.4 Å². The van der Waals surface area contributed by atoms with Crippen molar-refractivity contribution in [1.29, 1.82) is 0 Å². The molecule has 1 aromatic rings. The van der Waals surface area contributed by atoms with Crippen molar-refractivity contribution in [3.8, 4) is 0 Å². The molecule has 1 atom stereocenters. The maximum atomic E-state index is 11.9. The number of amides is 2. The second-order valence-corrected chi connectivity index (χ2v) is 4.46. The second kappa shape index (κ2) is 4.81. The molecule has 0 saturated carbocycles. The predicted octanol–water partition coefficient (Wildman–Crippen LogP) is -0.409. The van der Waals surface area contributed by atoms with Crippen molar-refractivity contribution >= 4 is 23.3 Å². The molecule has 4 N–H and O–H groups in total. The minimum Gasteiger partial charge on any atom is -0.368 e. The summed E-state index contributed by atoms with van der Waals surface area (Å²) >= 11 is 0. The van der Waals surface area contributed by atoms with E-state index in [1.165, 1.54) is 4.90 Å². The molecule has 0 aliphatic carbocycles. The first-order valence-electron chi connectivity index (χ1n) is 5.99. The molecule has 0 fully saturated rings. The van der Waals surface area contributed by atoms with E-state index in [1.807, 2.05) is 13.0 Å². The summed E-state index contributed by atoms with van der Waals surface area (Å²) in [5, 5.41) is 0. The van der Waals surface area contributed by atoms with Crippen molar-refractivity contribution in [1.82, 2.24) is 0 Å². The smallest absolute Gasteiger partial charge is 0.299 e. The molecule has 2 amide bonds. The molecule has 1 aliphatic rings. The predicted molar refractivity (Wildman–Crippen MR) is 69.7 cm³/mol. The van der Waals surface area contributed by atoms with Crippen molar-refractivity contribution in [2.75, 3.05) is 11.4 Å². The minimum atomic E-state index is -0.992. The Morgan fingerprint density at radius 3 is 2.63 bits per heavy atom. The van der Waals surface area contributed by atoms with Gasteiger partial charge in [0.05, 0.1) is 17.8 Å². The van der Waals surface area contributed by atoms with Gasteiger partial charge in [0.2, 0.25) is 5.91 Å². The summed E-state index contributed by atoms with van der Waals surface area (Å²) in [6, 6.07) is 4.25. The van der Waals surface area contributed by atoms with Gasteiger partial charge in [-0.15, -0.1) is 0 Å². The molecule has 0 bridgehead atoms. The lowest BCUT2D eigenvalue weighted by atomic mass is 10.1. The van der Waals surface area contributed by atoms with Gasteiger partial charge in [-0.05, 0) is 24.1 Å². The van der Waals surface area contributed by atoms with E-state index in [0.29, 0.717) is 11.3 Å². The molecular formula is C13H15N3O3. The van der Waals surface area contributed by atoms with Crippen LogP contribution in [-0.4, -0.2) is 30.2 Å². The average molecular weight is 261 g/mol. The molecule has 0 aromatic heterocycles. The zero-order chi connectivity index (χ0) is 14.2. The molecule has 1 aliphatic heterocycles. The van der Waals surface area contributed by atoms with Gasteiger partial charge in [-0.2, -0.15) is 0 Å². The summed E-state index contributed by atoms with van der Waals surface area (Å²) in [6.07, 6.45) is 0.773. The molecular weight excluding hydrogens is 246 g/mol. The SMILES string of the molecule is CCc1ccc2c(c1)C(=O)C(=O)N2CC(N)C(N)=O. The van der Waals surface area contributed by atoms with Crippen molar-refractivity contribution < 1.29 is 14.4 Å². The fourth-order valence-corrected chi connectivity index (χ4v) is 2.04. The summed E-state index contributed by atoms with van der Waals surface area (Å²) in [5.74, 6) is -1.94. The van der Waals surface area contributed by atoms with Gasteiger partial charge < -0.3 is 16.4 Å². The van der Waals surface area contributed by atoms with Crippen LogP contribution >= 0.6 is 0 Å². The zero-order valence-corrected chi connectivity index (χ0v) is 10.6. The number of ketones is 1. The van der Waals surface area contributed by atoms with Crippen LogP contribution in [0.5, 0.6) is 0 Å². The largest absolute Gasteiger partial charge is 0.368 e. The number of benzene rings is 1. The molecule has 1 aromatic carbocycles. The van der Waals surface area contributed by atoms with Gasteiger partial charge in [0.25, 0.3) is 11.7 Å². The molecule has 0 spiro atoms. The Balaban J connectivity index is 2.37. The van der Waals surface area contributed by atoms with Gasteiger partial charge in [-0.1, -0.05) is 13.0 Å². The minimum absolute atomic E-state index is 0.0849. The number of primary amides is 1. The van der Waals surface area contributed by atoms with E-state index in [9.17, 15) is 14.4 Å². The fourth-order valence-electron chi connectivity index (χ4n) is 2.04. The van der Waals surface area contributed by atoms with Crippen LogP contribution in [-0.2, 0) is 16.0 Å². The summed E-state index contributed by atoms with van der Waals surface area (Å²) in [7, 11) is 0. The maximum Gasteiger partial charge on any atom is 0.299 e. The molecule has 1 unspecified atom stereocenters. The van der Waals surface area contributed by atoms with E-state index in [0.717, 1.165) is 12.0 Å². The number of Topliss-reactive ketones (excluding diaryl/α,β-unsaturated/α-hetero) is 1. The van der Waals surface area contributed by atoms with Crippen LogP contribution in [0.1, 0.15) is 22.8 Å². The highest BCUT2D eigenvalue weighted by Crippen LogP contribution is 2.29. The first-order chi connectivity index (χ1) is 8.95. The fraction of sp³-hybridized carbons (Fsp3) is 0.308. The van der Waals surface area contributed by atoms with E-state index in [2.05, 4.69) is 0 Å². The van der Waals surface area contributed by atoms with Gasteiger partial charge >= 0.3 is 0 Å². The molecule has 1 heterocycles. The van der Waals surface area contributed by atoms with Gasteiger partial charge in [-0.25, -0.2) is 0 Å². The molecule has 0 radical (unpaired) electrons. The van der Waals surface area contributed by atoms with Crippen LogP contribution in [0, 0.1) is 0 Å². The quantitative estimate of drug-likeness (QED) is 0.718. The standard InChI is InChI=1S/C13H15N3O3/c1-2-7-3-4-10-8(5-7)11(17)13(19)16(10)6-9(14)12(15)18/h3-5,9H,2,6,14H2,1H3,(H2,15,18). The summed E-state index contributed by atoms with van der Waals surface area (Å²) < 4.78 is 0. The maximum absolute atomic E-state index is 11.9. The van der Waals surface area contributed by atoms with Crippen molar-refractivity contribution in [3.05, 3.63) is 29.3 Å². The molecule has 6 nitrogen and oxygen atoms in total. The Labute approximate surface area is 110 Å². The van der Waals surface area contributed by atoms with Crippen molar-refractivity contribution in [3.63, 3.8) is 0 Å². The van der Waals surface area contributed by atoms with Gasteiger partial charge in [0, 0.05) is 0 Å². The summed E-state index contributed by atoms with van der Waals surface area (Å²) in [5.41, 5.74) is 12.4. The second-order valence-electron chi connectivity index (χ2n) is 4.46. The monoisotopic (exact) mass is 261 g/mol. The lowest BCUT2D eigenvalue weighted by Gasteiger charge is -2.19. The van der Waals surface area contributed by atoms with Crippen LogP contribution in [0.3, 0.4) is 0 Å². The van der Waals surface area contributed by atoms with Gasteiger partial charge in [0.1, 0.15) is 6.04 Å². The van der Waals surface area contributed by atoms with Gasteiger partial charge in [-0.3, -0.25) is 14.4 Å². The van der Waals surface area contributed by atoms with Crippen molar-refractivity contribution in [2.24, 2.45) is 11.5 Å². The number of anilines is 1. The number of carbonyl (C=O) groups is 3. The molecule has 100 valence electrons. The number of nitrogens with zero attached hydrogens (tertiary/aromatic N) is 1. The molecule has 0 saturated heterocycles. The summed E-state index contributed by atoms with van der Waals surface area (Å²) in [4.78, 5) is 35.9. The third-order valence-corrected chi connectivity index (χ3v) is 3.19. The Hall–Kier alpha value is -2.21. The van der Waals surface area contributed by atoms with E-state index >= 15 is 0 Å².